The minimum atomic E-state index is -3.15. The van der Waals surface area contributed by atoms with Gasteiger partial charge in [-0.25, -0.2) is 8.42 Å². The summed E-state index contributed by atoms with van der Waals surface area (Å²) in [6, 6.07) is 4.85. The quantitative estimate of drug-likeness (QED) is 0.925. The largest absolute Gasteiger partial charge is 0.392 e. The van der Waals surface area contributed by atoms with Gasteiger partial charge in [-0.1, -0.05) is 6.07 Å². The van der Waals surface area contributed by atoms with Gasteiger partial charge in [-0.3, -0.25) is 0 Å². The normalized spacial score (nSPS) is 16.7. The summed E-state index contributed by atoms with van der Waals surface area (Å²) in [4.78, 5) is 0.335. The molecular weight excluding hydrogens is 280 g/mol. The fourth-order valence-electron chi connectivity index (χ4n) is 1.43. The second-order valence-electron chi connectivity index (χ2n) is 3.67. The number of hydrogen-bond acceptors (Lipinski definition) is 3. The topological polar surface area (TPSA) is 54.4 Å². The maximum Gasteiger partial charge on any atom is 0.182 e. The summed E-state index contributed by atoms with van der Waals surface area (Å²) in [6.07, 6.45) is 1.52. The summed E-state index contributed by atoms with van der Waals surface area (Å²) in [5.74, 6) is 0. The number of aliphatic hydroxyl groups excluding tert-OH is 1. The lowest BCUT2D eigenvalue weighted by atomic mass is 10.2. The molecular formula is C10H11BrO3S. The van der Waals surface area contributed by atoms with Crippen molar-refractivity contribution < 1.29 is 13.5 Å². The average molecular weight is 291 g/mol. The molecule has 0 aliphatic heterocycles. The highest BCUT2D eigenvalue weighted by molar-refractivity contribution is 9.10. The minimum absolute atomic E-state index is 0.0810. The number of benzene rings is 1. The van der Waals surface area contributed by atoms with Gasteiger partial charge >= 0.3 is 0 Å². The van der Waals surface area contributed by atoms with E-state index in [-0.39, 0.29) is 11.9 Å². The maximum atomic E-state index is 11.9. The van der Waals surface area contributed by atoms with Gasteiger partial charge in [0, 0.05) is 4.47 Å². The zero-order valence-electron chi connectivity index (χ0n) is 7.98. The summed E-state index contributed by atoms with van der Waals surface area (Å²) in [7, 11) is -3.15. The smallest absolute Gasteiger partial charge is 0.182 e. The zero-order valence-corrected chi connectivity index (χ0v) is 10.4. The first-order chi connectivity index (χ1) is 7.05. The van der Waals surface area contributed by atoms with Crippen LogP contribution in [0.1, 0.15) is 18.4 Å². The van der Waals surface area contributed by atoms with Crippen molar-refractivity contribution in [3.05, 3.63) is 28.2 Å². The highest BCUT2D eigenvalue weighted by atomic mass is 79.9. The monoisotopic (exact) mass is 290 g/mol. The fraction of sp³-hybridized carbons (Fsp3) is 0.400. The molecule has 0 spiro atoms. The van der Waals surface area contributed by atoms with Gasteiger partial charge in [-0.05, 0) is 46.5 Å². The maximum absolute atomic E-state index is 11.9. The average Bonchev–Trinajstić information content (AvgIpc) is 3.00. The van der Waals surface area contributed by atoms with Crippen LogP contribution < -0.4 is 0 Å². The lowest BCUT2D eigenvalue weighted by molar-refractivity contribution is 0.281. The first-order valence-electron chi connectivity index (χ1n) is 4.69. The second-order valence-corrected chi connectivity index (χ2v) is 6.72. The van der Waals surface area contributed by atoms with Crippen molar-refractivity contribution >= 4 is 25.8 Å². The summed E-state index contributed by atoms with van der Waals surface area (Å²) < 4.78 is 24.4. The van der Waals surface area contributed by atoms with Gasteiger partial charge in [0.25, 0.3) is 0 Å². The van der Waals surface area contributed by atoms with Crippen LogP contribution in [-0.2, 0) is 16.4 Å². The molecule has 1 fully saturated rings. The molecule has 5 heteroatoms. The van der Waals surface area contributed by atoms with Crippen molar-refractivity contribution in [2.75, 3.05) is 0 Å². The van der Waals surface area contributed by atoms with Crippen molar-refractivity contribution in [1.29, 1.82) is 0 Å². The molecule has 0 atom stereocenters. The minimum Gasteiger partial charge on any atom is -0.392 e. The van der Waals surface area contributed by atoms with Gasteiger partial charge in [0.15, 0.2) is 9.84 Å². The van der Waals surface area contributed by atoms with Gasteiger partial charge < -0.3 is 5.11 Å². The molecule has 0 bridgehead atoms. The molecule has 1 aromatic carbocycles. The molecule has 0 amide bonds. The fourth-order valence-corrected chi connectivity index (χ4v) is 4.24. The van der Waals surface area contributed by atoms with E-state index in [1.54, 1.807) is 18.2 Å². The molecule has 82 valence electrons. The van der Waals surface area contributed by atoms with Crippen molar-refractivity contribution in [2.45, 2.75) is 29.6 Å². The van der Waals surface area contributed by atoms with E-state index in [4.69, 9.17) is 5.11 Å². The zero-order chi connectivity index (χ0) is 11.1. The third-order valence-electron chi connectivity index (χ3n) is 2.45. The Labute approximate surface area is 97.2 Å². The Hall–Kier alpha value is -0.390. The van der Waals surface area contributed by atoms with Gasteiger partial charge in [0.2, 0.25) is 0 Å². The van der Waals surface area contributed by atoms with Crippen LogP contribution >= 0.6 is 15.9 Å². The predicted molar refractivity (Wildman–Crippen MR) is 60.3 cm³/mol. The summed E-state index contributed by atoms with van der Waals surface area (Å²) >= 11 is 3.23. The Kier molecular flexibility index (Phi) is 2.87. The standard InChI is InChI=1S/C10H11BrO3S/c11-9-5-7(6-12)1-4-10(9)15(13,14)8-2-3-8/h1,4-5,8,12H,2-3,6H2. The molecule has 0 radical (unpaired) electrons. The van der Waals surface area contributed by atoms with Crippen LogP contribution in [0.2, 0.25) is 0 Å². The lowest BCUT2D eigenvalue weighted by Gasteiger charge is -2.06. The van der Waals surface area contributed by atoms with Crippen molar-refractivity contribution in [3.63, 3.8) is 0 Å². The highest BCUT2D eigenvalue weighted by Crippen LogP contribution is 2.36. The van der Waals surface area contributed by atoms with Crippen molar-refractivity contribution in [3.8, 4) is 0 Å². The summed E-state index contributed by atoms with van der Waals surface area (Å²) in [5, 5.41) is 8.71. The molecule has 0 heterocycles. The SMILES string of the molecule is O=S(=O)(c1ccc(CO)cc1Br)C1CC1. The molecule has 0 aromatic heterocycles. The van der Waals surface area contributed by atoms with E-state index in [2.05, 4.69) is 15.9 Å². The van der Waals surface area contributed by atoms with Crippen LogP contribution in [0.4, 0.5) is 0 Å². The van der Waals surface area contributed by atoms with E-state index in [1.165, 1.54) is 0 Å². The lowest BCUT2D eigenvalue weighted by Crippen LogP contribution is -2.08. The first-order valence-corrected chi connectivity index (χ1v) is 7.03. The van der Waals surface area contributed by atoms with Gasteiger partial charge in [0.05, 0.1) is 16.8 Å². The Balaban J connectivity index is 2.45. The number of halogens is 1. The molecule has 0 saturated heterocycles. The Bertz CT molecular complexity index is 477. The van der Waals surface area contributed by atoms with Crippen LogP contribution in [0.15, 0.2) is 27.6 Å². The molecule has 3 nitrogen and oxygen atoms in total. The molecule has 1 aromatic rings. The van der Waals surface area contributed by atoms with Crippen LogP contribution in [0.5, 0.6) is 0 Å². The first kappa shape index (κ1) is 11.1. The number of rotatable bonds is 3. The van der Waals surface area contributed by atoms with E-state index in [0.717, 1.165) is 12.8 Å². The number of sulfone groups is 1. The van der Waals surface area contributed by atoms with Gasteiger partial charge in [0.1, 0.15) is 0 Å². The molecule has 1 N–H and O–H groups in total. The molecule has 1 aliphatic rings. The Morgan fingerprint density at radius 1 is 1.40 bits per heavy atom. The summed E-state index contributed by atoms with van der Waals surface area (Å²) in [6.45, 7) is -0.0810. The molecule has 1 aliphatic carbocycles. The van der Waals surface area contributed by atoms with E-state index in [0.29, 0.717) is 14.9 Å². The van der Waals surface area contributed by atoms with Crippen LogP contribution in [0.3, 0.4) is 0 Å². The van der Waals surface area contributed by atoms with E-state index >= 15 is 0 Å². The third kappa shape index (κ3) is 2.09. The van der Waals surface area contributed by atoms with Crippen LogP contribution in [0, 0.1) is 0 Å². The molecule has 1 saturated carbocycles. The predicted octanol–water partition coefficient (Wildman–Crippen LogP) is 1.88. The Morgan fingerprint density at radius 2 is 2.07 bits per heavy atom. The molecule has 0 unspecified atom stereocenters. The van der Waals surface area contributed by atoms with Crippen LogP contribution in [0.25, 0.3) is 0 Å². The summed E-state index contributed by atoms with van der Waals surface area (Å²) in [5.41, 5.74) is 0.705. The van der Waals surface area contributed by atoms with Crippen LogP contribution in [-0.4, -0.2) is 18.8 Å². The number of aliphatic hydroxyl groups is 1. The van der Waals surface area contributed by atoms with Crippen molar-refractivity contribution in [1.82, 2.24) is 0 Å². The Morgan fingerprint density at radius 3 is 2.53 bits per heavy atom. The van der Waals surface area contributed by atoms with Crippen molar-refractivity contribution in [2.24, 2.45) is 0 Å². The van der Waals surface area contributed by atoms with Gasteiger partial charge in [-0.15, -0.1) is 0 Å². The molecule has 2 rings (SSSR count). The van der Waals surface area contributed by atoms with Gasteiger partial charge in [-0.2, -0.15) is 0 Å². The molecule has 15 heavy (non-hydrogen) atoms. The van der Waals surface area contributed by atoms with E-state index in [9.17, 15) is 8.42 Å². The third-order valence-corrected chi connectivity index (χ3v) is 5.69. The highest BCUT2D eigenvalue weighted by Gasteiger charge is 2.37. The van der Waals surface area contributed by atoms with E-state index in [1.807, 2.05) is 0 Å². The second kappa shape index (κ2) is 3.88. The number of hydrogen-bond donors (Lipinski definition) is 1. The van der Waals surface area contributed by atoms with E-state index < -0.39 is 9.84 Å².